The van der Waals surface area contributed by atoms with Crippen molar-refractivity contribution in [2.45, 2.75) is 39.3 Å². The Hall–Kier alpha value is -2.13. The van der Waals surface area contributed by atoms with Crippen molar-refractivity contribution >= 4 is 28.7 Å². The lowest BCUT2D eigenvalue weighted by molar-refractivity contribution is 0.0852. The van der Waals surface area contributed by atoms with Gasteiger partial charge in [-0.05, 0) is 63.5 Å². The topological polar surface area (TPSA) is 55.0 Å². The van der Waals surface area contributed by atoms with E-state index in [4.69, 9.17) is 8.84 Å². The van der Waals surface area contributed by atoms with Crippen LogP contribution in [0.5, 0.6) is 5.75 Å². The fourth-order valence-corrected chi connectivity index (χ4v) is 4.16. The van der Waals surface area contributed by atoms with E-state index in [1.807, 2.05) is 18.2 Å². The second-order valence-corrected chi connectivity index (χ2v) is 17.0. The van der Waals surface area contributed by atoms with Crippen LogP contribution in [0.1, 0.15) is 16.1 Å². The lowest BCUT2D eigenvalue weighted by Gasteiger charge is -2.30. The highest BCUT2D eigenvalue weighted by Crippen LogP contribution is 2.25. The summed E-state index contributed by atoms with van der Waals surface area (Å²) in [7, 11) is -3.88. The van der Waals surface area contributed by atoms with Gasteiger partial charge in [0.25, 0.3) is 5.91 Å². The van der Waals surface area contributed by atoms with Gasteiger partial charge in [0.15, 0.2) is 8.24 Å². The SMILES string of the molecule is C[Si](C)(C)Oc1ccccc1C(=O)N(/N=C/c1ccco1)[Si](C)(C)C. The minimum absolute atomic E-state index is 0.143. The van der Waals surface area contributed by atoms with Crippen molar-refractivity contribution in [1.29, 1.82) is 0 Å². The first-order chi connectivity index (χ1) is 11.6. The Morgan fingerprint density at radius 3 is 2.32 bits per heavy atom. The molecule has 1 amide bonds. The van der Waals surface area contributed by atoms with E-state index in [9.17, 15) is 4.79 Å². The Kier molecular flexibility index (Phi) is 5.69. The van der Waals surface area contributed by atoms with Crippen molar-refractivity contribution in [1.82, 2.24) is 4.67 Å². The first kappa shape index (κ1) is 19.2. The van der Waals surface area contributed by atoms with E-state index < -0.39 is 16.6 Å². The van der Waals surface area contributed by atoms with Crippen molar-refractivity contribution < 1.29 is 13.6 Å². The number of carbonyl (C=O) groups is 1. The molecule has 0 aliphatic rings. The Balaban J connectivity index is 2.37. The molecule has 25 heavy (non-hydrogen) atoms. The smallest absolute Gasteiger partial charge is 0.269 e. The van der Waals surface area contributed by atoms with Crippen molar-refractivity contribution in [3.05, 3.63) is 54.0 Å². The molecule has 0 atom stereocenters. The van der Waals surface area contributed by atoms with E-state index in [2.05, 4.69) is 44.4 Å². The van der Waals surface area contributed by atoms with Gasteiger partial charge in [0, 0.05) is 0 Å². The van der Waals surface area contributed by atoms with E-state index in [1.54, 1.807) is 35.4 Å². The normalized spacial score (nSPS) is 12.4. The van der Waals surface area contributed by atoms with Crippen LogP contribution in [0.15, 0.2) is 52.2 Å². The predicted octanol–water partition coefficient (Wildman–Crippen LogP) is 4.80. The zero-order chi connectivity index (χ0) is 18.7. The van der Waals surface area contributed by atoms with Gasteiger partial charge in [-0.15, -0.1) is 0 Å². The molecule has 0 saturated carbocycles. The molecule has 134 valence electrons. The molecule has 5 nitrogen and oxygen atoms in total. The molecule has 7 heteroatoms. The Labute approximate surface area is 151 Å². The second-order valence-electron chi connectivity index (χ2n) is 7.76. The zero-order valence-electron chi connectivity index (χ0n) is 15.7. The van der Waals surface area contributed by atoms with Crippen LogP contribution < -0.4 is 4.43 Å². The molecule has 0 N–H and O–H groups in total. The lowest BCUT2D eigenvalue weighted by atomic mass is 10.2. The van der Waals surface area contributed by atoms with Crippen LogP contribution in [0, 0.1) is 0 Å². The van der Waals surface area contributed by atoms with Gasteiger partial charge in [0.05, 0.1) is 18.0 Å². The maximum absolute atomic E-state index is 13.2. The maximum atomic E-state index is 13.2. The molecule has 1 aromatic heterocycles. The molecule has 2 rings (SSSR count). The third kappa shape index (κ3) is 5.43. The molecule has 2 aromatic rings. The van der Waals surface area contributed by atoms with Gasteiger partial charge >= 0.3 is 0 Å². The molecule has 0 aliphatic heterocycles. The van der Waals surface area contributed by atoms with Gasteiger partial charge in [-0.1, -0.05) is 12.1 Å². The third-order valence-electron chi connectivity index (χ3n) is 3.21. The number of furan rings is 1. The number of amides is 1. The van der Waals surface area contributed by atoms with Gasteiger partial charge in [-0.25, -0.2) is 0 Å². The summed E-state index contributed by atoms with van der Waals surface area (Å²) >= 11 is 0. The van der Waals surface area contributed by atoms with Crippen LogP contribution >= 0.6 is 0 Å². The highest BCUT2D eigenvalue weighted by atomic mass is 28.4. The maximum Gasteiger partial charge on any atom is 0.269 e. The van der Waals surface area contributed by atoms with E-state index >= 15 is 0 Å². The van der Waals surface area contributed by atoms with Crippen LogP contribution in [-0.4, -0.2) is 33.3 Å². The molecule has 0 fully saturated rings. The number of para-hydroxylation sites is 1. The molecule has 0 radical (unpaired) electrons. The molecule has 0 bridgehead atoms. The Morgan fingerprint density at radius 2 is 1.76 bits per heavy atom. The summed E-state index contributed by atoms with van der Waals surface area (Å²) in [5.74, 6) is 1.10. The number of hydrogen-bond donors (Lipinski definition) is 0. The summed E-state index contributed by atoms with van der Waals surface area (Å²) in [6.07, 6.45) is 3.16. The van der Waals surface area contributed by atoms with Crippen LogP contribution in [0.4, 0.5) is 0 Å². The second kappa shape index (κ2) is 7.41. The number of hydrogen-bond acceptors (Lipinski definition) is 4. The van der Waals surface area contributed by atoms with E-state index in [1.165, 1.54) is 0 Å². The van der Waals surface area contributed by atoms with E-state index in [0.717, 1.165) is 0 Å². The molecule has 1 heterocycles. The Bertz CT molecular complexity index is 744. The summed E-state index contributed by atoms with van der Waals surface area (Å²) in [4.78, 5) is 13.2. The summed E-state index contributed by atoms with van der Waals surface area (Å²) in [6.45, 7) is 12.5. The number of hydrazone groups is 1. The summed E-state index contributed by atoms with van der Waals surface area (Å²) in [6, 6.07) is 11.0. The summed E-state index contributed by atoms with van der Waals surface area (Å²) in [5, 5.41) is 4.43. The molecule has 0 saturated heterocycles. The van der Waals surface area contributed by atoms with Gasteiger partial charge in [0.1, 0.15) is 11.5 Å². The highest BCUT2D eigenvalue weighted by molar-refractivity contribution is 6.75. The number of benzene rings is 1. The summed E-state index contributed by atoms with van der Waals surface area (Å²) in [5.41, 5.74) is 0.545. The number of rotatable bonds is 6. The molecular weight excluding hydrogens is 348 g/mol. The highest BCUT2D eigenvalue weighted by Gasteiger charge is 2.32. The first-order valence-corrected chi connectivity index (χ1v) is 15.1. The largest absolute Gasteiger partial charge is 0.544 e. The quantitative estimate of drug-likeness (QED) is 0.414. The standard InChI is InChI=1S/C18H26N2O3Si2/c1-24(2,3)20(19-14-15-10-9-13-22-15)18(21)16-11-7-8-12-17(16)23-25(4,5)6/h7-14H,1-6H3/b19-14+. The molecular formula is C18H26N2O3Si2. The zero-order valence-corrected chi connectivity index (χ0v) is 17.7. The minimum atomic E-state index is -2.05. The van der Waals surface area contributed by atoms with Crippen molar-refractivity contribution in [3.8, 4) is 5.75 Å². The van der Waals surface area contributed by atoms with Gasteiger partial charge in [0.2, 0.25) is 8.32 Å². The van der Waals surface area contributed by atoms with Crippen molar-refractivity contribution in [3.63, 3.8) is 0 Å². The molecule has 0 aliphatic carbocycles. The van der Waals surface area contributed by atoms with Crippen LogP contribution in [-0.2, 0) is 0 Å². The Morgan fingerprint density at radius 1 is 1.08 bits per heavy atom. The van der Waals surface area contributed by atoms with Crippen LogP contribution in [0.3, 0.4) is 0 Å². The summed E-state index contributed by atoms with van der Waals surface area (Å²) < 4.78 is 13.0. The predicted molar refractivity (Wildman–Crippen MR) is 106 cm³/mol. The number of nitrogens with zero attached hydrogens (tertiary/aromatic N) is 2. The van der Waals surface area contributed by atoms with E-state index in [0.29, 0.717) is 17.1 Å². The number of carbonyl (C=O) groups excluding carboxylic acids is 1. The van der Waals surface area contributed by atoms with Gasteiger partial charge in [-0.3, -0.25) is 9.47 Å². The minimum Gasteiger partial charge on any atom is -0.544 e. The van der Waals surface area contributed by atoms with Gasteiger partial charge in [-0.2, -0.15) is 5.10 Å². The first-order valence-electron chi connectivity index (χ1n) is 8.28. The van der Waals surface area contributed by atoms with Crippen LogP contribution in [0.25, 0.3) is 0 Å². The fraction of sp³-hybridized carbons (Fsp3) is 0.333. The molecule has 0 spiro atoms. The molecule has 0 unspecified atom stereocenters. The van der Waals surface area contributed by atoms with E-state index in [-0.39, 0.29) is 5.91 Å². The average molecular weight is 375 g/mol. The van der Waals surface area contributed by atoms with Crippen LogP contribution in [0.2, 0.25) is 39.3 Å². The van der Waals surface area contributed by atoms with Crippen molar-refractivity contribution in [2.75, 3.05) is 0 Å². The lowest BCUT2D eigenvalue weighted by Crippen LogP contribution is -2.46. The van der Waals surface area contributed by atoms with Crippen molar-refractivity contribution in [2.24, 2.45) is 5.10 Å². The third-order valence-corrected chi connectivity index (χ3v) is 5.63. The molecule has 1 aromatic carbocycles. The average Bonchev–Trinajstić information content (AvgIpc) is 2.98. The fourth-order valence-electron chi connectivity index (χ4n) is 2.19. The monoisotopic (exact) mass is 374 g/mol. The van der Waals surface area contributed by atoms with Gasteiger partial charge < -0.3 is 8.84 Å².